The van der Waals surface area contributed by atoms with E-state index < -0.39 is 17.6 Å². The van der Waals surface area contributed by atoms with E-state index in [9.17, 15) is 23.2 Å². The van der Waals surface area contributed by atoms with Crippen molar-refractivity contribution in [3.63, 3.8) is 0 Å². The van der Waals surface area contributed by atoms with Crippen LogP contribution in [0.2, 0.25) is 5.02 Å². The number of alkyl halides is 3. The fourth-order valence-electron chi connectivity index (χ4n) is 5.93. The number of fused-ring (bicyclic) bond motifs is 3. The summed E-state index contributed by atoms with van der Waals surface area (Å²) in [5.41, 5.74) is 0.703. The number of hydrogen-bond donors (Lipinski definition) is 0. The maximum atomic E-state index is 13.6. The maximum Gasteiger partial charge on any atom is 0.403 e. The van der Waals surface area contributed by atoms with Crippen molar-refractivity contribution >= 4 is 17.5 Å². The minimum atomic E-state index is -4.37. The highest BCUT2D eigenvalue weighted by Crippen LogP contribution is 2.58. The number of halogens is 4. The van der Waals surface area contributed by atoms with Crippen molar-refractivity contribution in [2.75, 3.05) is 13.1 Å². The standard InChI is InChI=1S/C24H24ClF3N6O/c1-14(24(26,27)28)32-9-15-6-17(25)2-3-18(15)34-19(10-32)30-31-20(34)16-7-22(8-16)12-33(13-22)21(35)23(11-29)4-5-23/h2-3,6,14,16H,4-5,7-10,12-13H2,1H3. The molecule has 7 nitrogen and oxygen atoms in total. The molecule has 0 bridgehead atoms. The van der Waals surface area contributed by atoms with Gasteiger partial charge in [0.25, 0.3) is 0 Å². The third-order valence-electron chi connectivity index (χ3n) is 8.21. The van der Waals surface area contributed by atoms with E-state index >= 15 is 0 Å². The zero-order valence-corrected chi connectivity index (χ0v) is 19.9. The zero-order valence-electron chi connectivity index (χ0n) is 19.1. The monoisotopic (exact) mass is 504 g/mol. The van der Waals surface area contributed by atoms with Gasteiger partial charge in [-0.25, -0.2) is 0 Å². The van der Waals surface area contributed by atoms with Crippen LogP contribution in [0.5, 0.6) is 0 Å². The molecular formula is C24H24ClF3N6O. The van der Waals surface area contributed by atoms with E-state index in [1.54, 1.807) is 17.0 Å². The van der Waals surface area contributed by atoms with Crippen molar-refractivity contribution < 1.29 is 18.0 Å². The Morgan fingerprint density at radius 1 is 1.23 bits per heavy atom. The first kappa shape index (κ1) is 22.8. The van der Waals surface area contributed by atoms with Crippen molar-refractivity contribution in [1.29, 1.82) is 5.26 Å². The summed E-state index contributed by atoms with van der Waals surface area (Å²) in [6, 6.07) is 5.80. The molecule has 6 rings (SSSR count). The average Bonchev–Trinajstić information content (AvgIpc) is 3.48. The second-order valence-electron chi connectivity index (χ2n) is 10.7. The molecule has 1 atom stereocenters. The molecule has 1 unspecified atom stereocenters. The van der Waals surface area contributed by atoms with Gasteiger partial charge in [0, 0.05) is 36.0 Å². The van der Waals surface area contributed by atoms with Crippen LogP contribution < -0.4 is 0 Å². The molecule has 1 saturated heterocycles. The number of nitrogens with zero attached hydrogens (tertiary/aromatic N) is 6. The lowest BCUT2D eigenvalue weighted by molar-refractivity contribution is -0.182. The summed E-state index contributed by atoms with van der Waals surface area (Å²) in [5.74, 6) is 1.29. The molecular weight excluding hydrogens is 481 g/mol. The third kappa shape index (κ3) is 3.54. The highest BCUT2D eigenvalue weighted by molar-refractivity contribution is 6.30. The predicted molar refractivity (Wildman–Crippen MR) is 119 cm³/mol. The van der Waals surface area contributed by atoms with E-state index in [1.807, 2.05) is 10.6 Å². The molecule has 3 heterocycles. The van der Waals surface area contributed by atoms with Crippen LogP contribution >= 0.6 is 11.6 Å². The number of carbonyl (C=O) groups excluding carboxylic acids is 1. The van der Waals surface area contributed by atoms with E-state index in [4.69, 9.17) is 11.6 Å². The minimum Gasteiger partial charge on any atom is -0.340 e. The van der Waals surface area contributed by atoms with Crippen molar-refractivity contribution in [2.24, 2.45) is 10.8 Å². The highest BCUT2D eigenvalue weighted by atomic mass is 35.5. The summed E-state index contributed by atoms with van der Waals surface area (Å²) < 4.78 is 42.6. The van der Waals surface area contributed by atoms with Gasteiger partial charge in [0.1, 0.15) is 17.3 Å². The molecule has 184 valence electrons. The summed E-state index contributed by atoms with van der Waals surface area (Å²) >= 11 is 6.21. The summed E-state index contributed by atoms with van der Waals surface area (Å²) in [4.78, 5) is 15.8. The lowest BCUT2D eigenvalue weighted by Crippen LogP contribution is -2.64. The van der Waals surface area contributed by atoms with Gasteiger partial charge in [-0.1, -0.05) is 11.6 Å². The molecule has 2 aliphatic carbocycles. The topological polar surface area (TPSA) is 78.1 Å². The summed E-state index contributed by atoms with van der Waals surface area (Å²) in [7, 11) is 0. The van der Waals surface area contributed by atoms with Gasteiger partial charge in [-0.05, 0) is 56.4 Å². The quantitative estimate of drug-likeness (QED) is 0.626. The smallest absolute Gasteiger partial charge is 0.340 e. The van der Waals surface area contributed by atoms with Crippen LogP contribution in [-0.4, -0.2) is 55.8 Å². The zero-order chi connectivity index (χ0) is 24.8. The predicted octanol–water partition coefficient (Wildman–Crippen LogP) is 4.20. The van der Waals surface area contributed by atoms with Gasteiger partial charge in [-0.15, -0.1) is 10.2 Å². The van der Waals surface area contributed by atoms with Crippen LogP contribution in [0.1, 0.15) is 55.7 Å². The Bertz CT molecular complexity index is 1250. The summed E-state index contributed by atoms with van der Waals surface area (Å²) in [6.07, 6.45) is -1.41. The number of rotatable bonds is 3. The lowest BCUT2D eigenvalue weighted by atomic mass is 9.57. The third-order valence-corrected chi connectivity index (χ3v) is 8.45. The molecule has 0 radical (unpaired) electrons. The molecule has 11 heteroatoms. The number of benzene rings is 1. The van der Waals surface area contributed by atoms with Crippen molar-refractivity contribution in [3.05, 3.63) is 40.4 Å². The van der Waals surface area contributed by atoms with Gasteiger partial charge < -0.3 is 4.90 Å². The second kappa shape index (κ2) is 7.43. The molecule has 4 aliphatic rings. The molecule has 1 aromatic carbocycles. The molecule has 3 fully saturated rings. The highest BCUT2D eigenvalue weighted by Gasteiger charge is 2.60. The van der Waals surface area contributed by atoms with E-state index in [0.29, 0.717) is 42.3 Å². The maximum absolute atomic E-state index is 13.6. The van der Waals surface area contributed by atoms with Crippen molar-refractivity contribution in [1.82, 2.24) is 24.6 Å². The van der Waals surface area contributed by atoms with Crippen LogP contribution in [0.4, 0.5) is 13.2 Å². The van der Waals surface area contributed by atoms with Crippen LogP contribution in [0.25, 0.3) is 5.69 Å². The number of carbonyl (C=O) groups is 1. The van der Waals surface area contributed by atoms with E-state index in [1.165, 1.54) is 4.90 Å². The first-order valence-electron chi connectivity index (χ1n) is 11.8. The van der Waals surface area contributed by atoms with Gasteiger partial charge in [0.15, 0.2) is 5.82 Å². The van der Waals surface area contributed by atoms with E-state index in [-0.39, 0.29) is 30.3 Å². The molecule has 35 heavy (non-hydrogen) atoms. The number of amides is 1. The van der Waals surface area contributed by atoms with E-state index in [0.717, 1.165) is 31.3 Å². The molecule has 1 amide bonds. The lowest BCUT2D eigenvalue weighted by Gasteiger charge is -2.59. The van der Waals surface area contributed by atoms with Crippen molar-refractivity contribution in [3.8, 4) is 11.8 Å². The van der Waals surface area contributed by atoms with Crippen LogP contribution in [0.3, 0.4) is 0 Å². The van der Waals surface area contributed by atoms with E-state index in [2.05, 4.69) is 16.3 Å². The SMILES string of the molecule is CC(N1Cc2cc(Cl)ccc2-n2c(nnc2C2CC3(C2)CN(C(=O)C2(C#N)CC2)C3)C1)C(F)(F)F. The Hall–Kier alpha value is -2.64. The van der Waals surface area contributed by atoms with Crippen LogP contribution in [-0.2, 0) is 17.9 Å². The number of likely N-dealkylation sites (tertiary alicyclic amines) is 1. The minimum absolute atomic E-state index is 0.0242. The fraction of sp³-hybridized carbons (Fsp3) is 0.583. The van der Waals surface area contributed by atoms with Gasteiger partial charge in [0.05, 0.1) is 18.3 Å². The number of nitriles is 1. The van der Waals surface area contributed by atoms with Crippen molar-refractivity contribution in [2.45, 2.75) is 63.8 Å². The average molecular weight is 505 g/mol. The molecule has 0 N–H and O–H groups in total. The Balaban J connectivity index is 1.24. The number of aromatic nitrogens is 3. The van der Waals surface area contributed by atoms with Crippen LogP contribution in [0.15, 0.2) is 18.2 Å². The Morgan fingerprint density at radius 2 is 1.94 bits per heavy atom. The molecule has 1 spiro atoms. The number of hydrogen-bond acceptors (Lipinski definition) is 5. The first-order chi connectivity index (χ1) is 16.5. The molecule has 1 aromatic heterocycles. The van der Waals surface area contributed by atoms with Crippen LogP contribution in [0, 0.1) is 22.2 Å². The van der Waals surface area contributed by atoms with Gasteiger partial charge in [-0.3, -0.25) is 14.3 Å². The Morgan fingerprint density at radius 3 is 2.57 bits per heavy atom. The molecule has 2 aliphatic heterocycles. The second-order valence-corrected chi connectivity index (χ2v) is 11.1. The first-order valence-corrected chi connectivity index (χ1v) is 12.2. The fourth-order valence-corrected chi connectivity index (χ4v) is 6.12. The molecule has 2 aromatic rings. The Kier molecular flexibility index (Phi) is 4.84. The molecule has 2 saturated carbocycles. The van der Waals surface area contributed by atoms with Gasteiger partial charge in [0.2, 0.25) is 5.91 Å². The largest absolute Gasteiger partial charge is 0.403 e. The van der Waals surface area contributed by atoms with Gasteiger partial charge >= 0.3 is 6.18 Å². The normalized spacial score (nSPS) is 23.4. The summed E-state index contributed by atoms with van der Waals surface area (Å²) in [6.45, 7) is 2.59. The Labute approximate surface area is 205 Å². The van der Waals surface area contributed by atoms with Gasteiger partial charge in [-0.2, -0.15) is 18.4 Å². The summed E-state index contributed by atoms with van der Waals surface area (Å²) in [5, 5.41) is 18.5.